The molecule has 0 spiro atoms. The van der Waals surface area contributed by atoms with Gasteiger partial charge in [-0.25, -0.2) is 0 Å². The van der Waals surface area contributed by atoms with E-state index in [-0.39, 0.29) is 5.54 Å². The third kappa shape index (κ3) is 4.15. The first-order chi connectivity index (χ1) is 7.29. The Labute approximate surface area is 108 Å². The van der Waals surface area contributed by atoms with Gasteiger partial charge in [-0.2, -0.15) is 0 Å². The lowest BCUT2D eigenvalue weighted by molar-refractivity contribution is 0.1000. The zero-order chi connectivity index (χ0) is 12.3. The molecule has 1 rings (SSSR count). The monoisotopic (exact) mass is 302 g/mol. The van der Waals surface area contributed by atoms with Gasteiger partial charge in [0.1, 0.15) is 0 Å². The lowest BCUT2D eigenvalue weighted by atomic mass is 10.1. The van der Waals surface area contributed by atoms with E-state index in [1.54, 1.807) is 12.1 Å². The van der Waals surface area contributed by atoms with Gasteiger partial charge >= 0.3 is 0 Å². The molecule has 3 nitrogen and oxygen atoms in total. The molecule has 0 aromatic heterocycles. The first-order valence-corrected chi connectivity index (χ1v) is 6.44. The predicted octanol–water partition coefficient (Wildman–Crippen LogP) is 2.94. The molecule has 0 saturated heterocycles. The molecule has 0 aliphatic heterocycles. The number of benzene rings is 1. The fourth-order valence-electron chi connectivity index (χ4n) is 0.943. The smallest absolute Gasteiger partial charge is 0.248 e. The van der Waals surface area contributed by atoms with Gasteiger partial charge in [0, 0.05) is 20.5 Å². The van der Waals surface area contributed by atoms with Crippen molar-refractivity contribution in [1.29, 1.82) is 0 Å². The summed E-state index contributed by atoms with van der Waals surface area (Å²) in [7, 11) is 0. The van der Waals surface area contributed by atoms with E-state index in [9.17, 15) is 4.79 Å². The Morgan fingerprint density at radius 2 is 2.06 bits per heavy atom. The highest BCUT2D eigenvalue weighted by Gasteiger charge is 2.12. The van der Waals surface area contributed by atoms with Crippen LogP contribution in [0.15, 0.2) is 27.6 Å². The summed E-state index contributed by atoms with van der Waals surface area (Å²) in [5.74, 6) is -0.412. The molecule has 16 heavy (non-hydrogen) atoms. The number of hydrogen-bond donors (Lipinski definition) is 2. The summed E-state index contributed by atoms with van der Waals surface area (Å²) >= 11 is 4.92. The molecule has 0 atom stereocenters. The molecule has 0 radical (unpaired) electrons. The van der Waals surface area contributed by atoms with Crippen LogP contribution in [-0.4, -0.2) is 11.4 Å². The van der Waals surface area contributed by atoms with Crippen molar-refractivity contribution in [3.63, 3.8) is 0 Å². The fraction of sp³-hybridized carbons (Fsp3) is 0.364. The molecule has 0 heterocycles. The van der Waals surface area contributed by atoms with Crippen molar-refractivity contribution in [3.05, 3.63) is 28.2 Å². The standard InChI is InChI=1S/C11H15BrN2OS/c1-11(2,3)14-16-9-6-7(10(13)15)4-5-8(9)12/h4-6,14H,1-3H3,(H2,13,15). The number of rotatable bonds is 3. The number of primary amides is 1. The molecular formula is C11H15BrN2OS. The second-order valence-corrected chi connectivity index (χ2v) is 6.17. The van der Waals surface area contributed by atoms with E-state index >= 15 is 0 Å². The molecule has 5 heteroatoms. The Morgan fingerprint density at radius 3 is 2.56 bits per heavy atom. The van der Waals surface area contributed by atoms with Crippen LogP contribution in [-0.2, 0) is 0 Å². The minimum atomic E-state index is -0.412. The molecule has 1 aromatic carbocycles. The maximum absolute atomic E-state index is 11.0. The highest BCUT2D eigenvalue weighted by Crippen LogP contribution is 2.28. The number of carbonyl (C=O) groups is 1. The van der Waals surface area contributed by atoms with Gasteiger partial charge in [-0.15, -0.1) is 0 Å². The SMILES string of the molecule is CC(C)(C)NSc1cc(C(N)=O)ccc1Br. The van der Waals surface area contributed by atoms with Crippen LogP contribution in [0.25, 0.3) is 0 Å². The Balaban J connectivity index is 2.86. The molecule has 3 N–H and O–H groups in total. The quantitative estimate of drug-likeness (QED) is 0.844. The molecule has 88 valence electrons. The number of amides is 1. The van der Waals surface area contributed by atoms with Crippen LogP contribution >= 0.6 is 27.9 Å². The summed E-state index contributed by atoms with van der Waals surface area (Å²) in [5, 5.41) is 0. The van der Waals surface area contributed by atoms with Crippen molar-refractivity contribution in [2.45, 2.75) is 31.2 Å². The molecule has 0 bridgehead atoms. The van der Waals surface area contributed by atoms with E-state index < -0.39 is 5.91 Å². The van der Waals surface area contributed by atoms with Crippen molar-refractivity contribution in [1.82, 2.24) is 4.72 Å². The van der Waals surface area contributed by atoms with Crippen molar-refractivity contribution >= 4 is 33.8 Å². The summed E-state index contributed by atoms with van der Waals surface area (Å²) in [5.41, 5.74) is 5.75. The lowest BCUT2D eigenvalue weighted by Gasteiger charge is -2.20. The van der Waals surface area contributed by atoms with Gasteiger partial charge in [0.15, 0.2) is 0 Å². The first kappa shape index (κ1) is 13.5. The van der Waals surface area contributed by atoms with E-state index in [2.05, 4.69) is 41.4 Å². The highest BCUT2D eigenvalue weighted by atomic mass is 79.9. The number of halogens is 1. The van der Waals surface area contributed by atoms with Crippen LogP contribution in [0.5, 0.6) is 0 Å². The number of hydrogen-bond acceptors (Lipinski definition) is 3. The van der Waals surface area contributed by atoms with Gasteiger partial charge < -0.3 is 5.73 Å². The average molecular weight is 303 g/mol. The fourth-order valence-corrected chi connectivity index (χ4v) is 2.20. The zero-order valence-electron chi connectivity index (χ0n) is 9.50. The average Bonchev–Trinajstić information content (AvgIpc) is 2.14. The maximum atomic E-state index is 11.0. The molecule has 1 aromatic rings. The van der Waals surface area contributed by atoms with Crippen LogP contribution in [0, 0.1) is 0 Å². The highest BCUT2D eigenvalue weighted by molar-refractivity contribution is 9.10. The largest absolute Gasteiger partial charge is 0.366 e. The van der Waals surface area contributed by atoms with Crippen molar-refractivity contribution < 1.29 is 4.79 Å². The van der Waals surface area contributed by atoms with Crippen LogP contribution in [0.3, 0.4) is 0 Å². The molecule has 1 amide bonds. The zero-order valence-corrected chi connectivity index (χ0v) is 11.9. The van der Waals surface area contributed by atoms with Crippen molar-refractivity contribution in [2.24, 2.45) is 5.73 Å². The van der Waals surface area contributed by atoms with Gasteiger partial charge in [0.25, 0.3) is 0 Å². The Hall–Kier alpha value is -0.520. The Bertz CT molecular complexity index is 401. The van der Waals surface area contributed by atoms with E-state index in [4.69, 9.17) is 5.73 Å². The van der Waals surface area contributed by atoms with Gasteiger partial charge in [-0.1, -0.05) is 0 Å². The number of nitrogens with one attached hydrogen (secondary N) is 1. The minimum absolute atomic E-state index is 0.00678. The van der Waals surface area contributed by atoms with Crippen LogP contribution in [0.2, 0.25) is 0 Å². The van der Waals surface area contributed by atoms with Gasteiger partial charge in [-0.3, -0.25) is 9.52 Å². The molecule has 0 unspecified atom stereocenters. The van der Waals surface area contributed by atoms with Gasteiger partial charge in [0.05, 0.1) is 0 Å². The first-order valence-electron chi connectivity index (χ1n) is 4.83. The van der Waals surface area contributed by atoms with E-state index in [0.717, 1.165) is 9.37 Å². The molecule has 0 fully saturated rings. The third-order valence-electron chi connectivity index (χ3n) is 1.68. The van der Waals surface area contributed by atoms with E-state index in [0.29, 0.717) is 5.56 Å². The normalized spacial score (nSPS) is 11.5. The molecule has 0 aliphatic carbocycles. The van der Waals surface area contributed by atoms with E-state index in [1.807, 2.05) is 6.07 Å². The second kappa shape index (κ2) is 5.21. The van der Waals surface area contributed by atoms with Gasteiger partial charge in [-0.05, 0) is 66.8 Å². The second-order valence-electron chi connectivity index (χ2n) is 4.46. The Morgan fingerprint density at radius 1 is 1.44 bits per heavy atom. The Kier molecular flexibility index (Phi) is 4.41. The summed E-state index contributed by atoms with van der Waals surface area (Å²) in [4.78, 5) is 12.0. The summed E-state index contributed by atoms with van der Waals surface area (Å²) in [6, 6.07) is 5.30. The van der Waals surface area contributed by atoms with Crippen LogP contribution < -0.4 is 10.5 Å². The van der Waals surface area contributed by atoms with E-state index in [1.165, 1.54) is 11.9 Å². The summed E-state index contributed by atoms with van der Waals surface area (Å²) < 4.78 is 4.22. The van der Waals surface area contributed by atoms with Gasteiger partial charge in [0.2, 0.25) is 5.91 Å². The molecule has 0 saturated carbocycles. The van der Waals surface area contributed by atoms with Crippen LogP contribution in [0.4, 0.5) is 0 Å². The number of carbonyl (C=O) groups excluding carboxylic acids is 1. The predicted molar refractivity (Wildman–Crippen MR) is 71.4 cm³/mol. The number of nitrogens with two attached hydrogens (primary N) is 1. The van der Waals surface area contributed by atoms with Crippen LogP contribution in [0.1, 0.15) is 31.1 Å². The maximum Gasteiger partial charge on any atom is 0.248 e. The molecule has 0 aliphatic rings. The molecular weight excluding hydrogens is 288 g/mol. The summed E-state index contributed by atoms with van der Waals surface area (Å²) in [6.07, 6.45) is 0. The van der Waals surface area contributed by atoms with Crippen molar-refractivity contribution in [2.75, 3.05) is 0 Å². The minimum Gasteiger partial charge on any atom is -0.366 e. The summed E-state index contributed by atoms with van der Waals surface area (Å²) in [6.45, 7) is 6.23. The van der Waals surface area contributed by atoms with Crippen molar-refractivity contribution in [3.8, 4) is 0 Å². The topological polar surface area (TPSA) is 55.1 Å². The third-order valence-corrected chi connectivity index (χ3v) is 3.91. The lowest BCUT2D eigenvalue weighted by Crippen LogP contribution is -2.29.